The fourth-order valence-corrected chi connectivity index (χ4v) is 4.16. The number of nitro groups is 1. The number of benzene rings is 2. The number of nitrogens with two attached hydrogens (primary N) is 1. The Balaban J connectivity index is 2.03. The van der Waals surface area contributed by atoms with E-state index in [0.717, 1.165) is 21.3 Å². The highest BCUT2D eigenvalue weighted by Gasteiger charge is 2.25. The Morgan fingerprint density at radius 2 is 1.96 bits per heavy atom. The first kappa shape index (κ1) is 18.2. The normalized spacial score (nSPS) is 12.9. The predicted octanol–water partition coefficient (Wildman–Crippen LogP) is 3.05. The first-order valence-corrected chi connectivity index (χ1v) is 9.94. The fraction of sp³-hybridized carbons (Fsp3) is 0.188. The van der Waals surface area contributed by atoms with Crippen molar-refractivity contribution in [2.45, 2.75) is 17.9 Å². The molecule has 10 heteroatoms. The second-order valence-electron chi connectivity index (χ2n) is 5.76. The van der Waals surface area contributed by atoms with Crippen LogP contribution in [0.1, 0.15) is 18.0 Å². The third-order valence-corrected chi connectivity index (χ3v) is 6.22. The van der Waals surface area contributed by atoms with Crippen molar-refractivity contribution in [3.05, 3.63) is 57.6 Å². The van der Waals surface area contributed by atoms with Crippen molar-refractivity contribution < 1.29 is 13.3 Å². The molecule has 0 saturated carbocycles. The van der Waals surface area contributed by atoms with Gasteiger partial charge >= 0.3 is 0 Å². The van der Waals surface area contributed by atoms with E-state index in [9.17, 15) is 18.5 Å². The lowest BCUT2D eigenvalue weighted by atomic mass is 10.2. The van der Waals surface area contributed by atoms with Crippen molar-refractivity contribution in [2.75, 3.05) is 11.9 Å². The molecule has 0 bridgehead atoms. The lowest BCUT2D eigenvalue weighted by molar-refractivity contribution is -0.384. The van der Waals surface area contributed by atoms with Gasteiger partial charge in [0.15, 0.2) is 0 Å². The number of sulfonamides is 1. The van der Waals surface area contributed by atoms with Crippen LogP contribution < -0.4 is 10.0 Å². The Hall–Kier alpha value is -2.56. The van der Waals surface area contributed by atoms with Crippen LogP contribution in [0, 0.1) is 10.1 Å². The summed E-state index contributed by atoms with van der Waals surface area (Å²) in [5.74, 6) is 0. The van der Waals surface area contributed by atoms with Crippen LogP contribution in [-0.4, -0.2) is 25.4 Å². The molecule has 3 rings (SSSR count). The van der Waals surface area contributed by atoms with Gasteiger partial charge in [0.05, 0.1) is 26.1 Å². The molecular formula is C16H16N4O4S2. The van der Waals surface area contributed by atoms with Crippen molar-refractivity contribution >= 4 is 43.0 Å². The molecule has 0 aliphatic heterocycles. The van der Waals surface area contributed by atoms with Gasteiger partial charge < -0.3 is 4.90 Å². The first-order valence-electron chi connectivity index (χ1n) is 7.58. The van der Waals surface area contributed by atoms with E-state index in [1.54, 1.807) is 11.9 Å². The maximum atomic E-state index is 11.5. The van der Waals surface area contributed by atoms with E-state index < -0.39 is 14.9 Å². The van der Waals surface area contributed by atoms with Crippen LogP contribution >= 0.6 is 11.3 Å². The predicted molar refractivity (Wildman–Crippen MR) is 101 cm³/mol. The van der Waals surface area contributed by atoms with E-state index in [4.69, 9.17) is 5.14 Å². The molecule has 0 amide bonds. The van der Waals surface area contributed by atoms with E-state index in [-0.39, 0.29) is 22.3 Å². The molecule has 2 N–H and O–H groups in total. The summed E-state index contributed by atoms with van der Waals surface area (Å²) in [5.41, 5.74) is 0.827. The van der Waals surface area contributed by atoms with Crippen LogP contribution in [0.5, 0.6) is 0 Å². The lowest BCUT2D eigenvalue weighted by Crippen LogP contribution is -2.23. The zero-order valence-electron chi connectivity index (χ0n) is 14.0. The third-order valence-electron chi connectivity index (χ3n) is 4.10. The number of primary sulfonamides is 1. The lowest BCUT2D eigenvalue weighted by Gasteiger charge is -2.25. The maximum Gasteiger partial charge on any atom is 0.293 e. The molecule has 3 aromatic rings. The number of hydrogen-bond donors (Lipinski definition) is 1. The molecule has 0 fully saturated rings. The number of para-hydroxylation sites is 1. The van der Waals surface area contributed by atoms with Crippen LogP contribution in [0.3, 0.4) is 0 Å². The Kier molecular flexibility index (Phi) is 4.65. The molecule has 136 valence electrons. The van der Waals surface area contributed by atoms with Crippen LogP contribution in [0.25, 0.3) is 10.2 Å². The number of nitrogens with zero attached hydrogens (tertiary/aromatic N) is 3. The molecule has 0 radical (unpaired) electrons. The van der Waals surface area contributed by atoms with Crippen LogP contribution in [0.4, 0.5) is 11.4 Å². The second-order valence-corrected chi connectivity index (χ2v) is 8.38. The zero-order valence-corrected chi connectivity index (χ0v) is 15.6. The number of thiazole rings is 1. The summed E-state index contributed by atoms with van der Waals surface area (Å²) in [4.78, 5) is 16.8. The average molecular weight is 392 g/mol. The van der Waals surface area contributed by atoms with E-state index in [1.165, 1.54) is 23.5 Å². The number of hydrogen-bond acceptors (Lipinski definition) is 7. The molecule has 8 nitrogen and oxygen atoms in total. The quantitative estimate of drug-likeness (QED) is 0.526. The standard InChI is InChI=1S/C16H16N4O4S2/c1-10(16-18-12-5-3-4-6-15(12)25-16)19(2)13-8-7-11(26(17,23)24)9-14(13)20(21)22/h3-10H,1-2H3,(H2,17,23,24)/t10-/m0/s1. The van der Waals surface area contributed by atoms with Gasteiger partial charge in [0.1, 0.15) is 10.7 Å². The Labute approximate surface area is 154 Å². The highest BCUT2D eigenvalue weighted by molar-refractivity contribution is 7.89. The molecule has 0 aliphatic carbocycles. The number of rotatable bonds is 5. The maximum absolute atomic E-state index is 11.5. The van der Waals surface area contributed by atoms with E-state index in [1.807, 2.05) is 31.2 Å². The van der Waals surface area contributed by atoms with E-state index >= 15 is 0 Å². The monoisotopic (exact) mass is 392 g/mol. The molecule has 0 saturated heterocycles. The average Bonchev–Trinajstić information content (AvgIpc) is 3.03. The number of nitro benzene ring substituents is 1. The zero-order chi connectivity index (χ0) is 19.1. The molecular weight excluding hydrogens is 376 g/mol. The molecule has 2 aromatic carbocycles. The summed E-state index contributed by atoms with van der Waals surface area (Å²) in [6, 6.07) is 11.1. The van der Waals surface area contributed by atoms with Gasteiger partial charge in [-0.25, -0.2) is 18.5 Å². The van der Waals surface area contributed by atoms with Gasteiger partial charge in [-0.05, 0) is 31.2 Å². The van der Waals surface area contributed by atoms with Crippen molar-refractivity contribution in [3.8, 4) is 0 Å². The minimum Gasteiger partial charge on any atom is -0.360 e. The summed E-state index contributed by atoms with van der Waals surface area (Å²) < 4.78 is 24.0. The highest BCUT2D eigenvalue weighted by atomic mass is 32.2. The SMILES string of the molecule is C[C@@H](c1nc2ccccc2s1)N(C)c1ccc(S(N)(=O)=O)cc1[N+](=O)[O-]. The van der Waals surface area contributed by atoms with Gasteiger partial charge in [0.25, 0.3) is 5.69 Å². The summed E-state index contributed by atoms with van der Waals surface area (Å²) in [6.07, 6.45) is 0. The third kappa shape index (κ3) is 3.39. The minimum absolute atomic E-state index is 0.244. The van der Waals surface area contributed by atoms with Crippen molar-refractivity contribution in [2.24, 2.45) is 5.14 Å². The molecule has 0 aliphatic rings. The van der Waals surface area contributed by atoms with Gasteiger partial charge in [0, 0.05) is 13.1 Å². The summed E-state index contributed by atoms with van der Waals surface area (Å²) in [7, 11) is -2.32. The fourth-order valence-electron chi connectivity index (χ4n) is 2.57. The van der Waals surface area contributed by atoms with Gasteiger partial charge in [0.2, 0.25) is 10.0 Å². The number of anilines is 1. The topological polar surface area (TPSA) is 119 Å². The van der Waals surface area contributed by atoms with Crippen LogP contribution in [0.15, 0.2) is 47.4 Å². The Morgan fingerprint density at radius 1 is 1.27 bits per heavy atom. The smallest absolute Gasteiger partial charge is 0.293 e. The molecule has 1 aromatic heterocycles. The van der Waals surface area contributed by atoms with Crippen LogP contribution in [0.2, 0.25) is 0 Å². The minimum atomic E-state index is -4.02. The van der Waals surface area contributed by atoms with Crippen LogP contribution in [-0.2, 0) is 10.0 Å². The number of fused-ring (bicyclic) bond motifs is 1. The molecule has 1 heterocycles. The van der Waals surface area contributed by atoms with E-state index in [0.29, 0.717) is 0 Å². The van der Waals surface area contributed by atoms with Gasteiger partial charge in [-0.15, -0.1) is 11.3 Å². The largest absolute Gasteiger partial charge is 0.360 e. The Bertz CT molecular complexity index is 1060. The second kappa shape index (κ2) is 6.63. The molecule has 0 unspecified atom stereocenters. The highest BCUT2D eigenvalue weighted by Crippen LogP contribution is 2.36. The summed E-state index contributed by atoms with van der Waals surface area (Å²) >= 11 is 1.51. The Morgan fingerprint density at radius 3 is 2.58 bits per heavy atom. The van der Waals surface area contributed by atoms with Gasteiger partial charge in [-0.2, -0.15) is 0 Å². The molecule has 0 spiro atoms. The van der Waals surface area contributed by atoms with Crippen molar-refractivity contribution in [3.63, 3.8) is 0 Å². The van der Waals surface area contributed by atoms with E-state index in [2.05, 4.69) is 4.98 Å². The van der Waals surface area contributed by atoms with Gasteiger partial charge in [-0.3, -0.25) is 10.1 Å². The molecule has 1 atom stereocenters. The first-order chi connectivity index (χ1) is 12.2. The molecule has 26 heavy (non-hydrogen) atoms. The van der Waals surface area contributed by atoms with Crippen molar-refractivity contribution in [1.29, 1.82) is 0 Å². The van der Waals surface area contributed by atoms with Crippen molar-refractivity contribution in [1.82, 2.24) is 4.98 Å². The summed E-state index contributed by atoms with van der Waals surface area (Å²) in [5, 5.41) is 17.3. The summed E-state index contributed by atoms with van der Waals surface area (Å²) in [6.45, 7) is 1.88. The van der Waals surface area contributed by atoms with Gasteiger partial charge in [-0.1, -0.05) is 12.1 Å². The number of aromatic nitrogens is 1.